The molecule has 7 heteroatoms. The van der Waals surface area contributed by atoms with Crippen LogP contribution in [0.4, 0.5) is 0 Å². The fraction of sp³-hybridized carbons (Fsp3) is 0.722. The van der Waals surface area contributed by atoms with Crippen molar-refractivity contribution in [1.82, 2.24) is 0 Å². The predicted octanol–water partition coefficient (Wildman–Crippen LogP) is 0.412. The molecule has 1 aliphatic heterocycles. The molecule has 0 amide bonds. The topological polar surface area (TPSA) is 116 Å². The zero-order valence-electron chi connectivity index (χ0n) is 14.7. The first-order valence-electron chi connectivity index (χ1n) is 8.56. The van der Waals surface area contributed by atoms with Gasteiger partial charge in [0.05, 0.1) is 13.0 Å². The summed E-state index contributed by atoms with van der Waals surface area (Å²) in [6.07, 6.45) is -2.49. The molecule has 0 unspecified atom stereocenters. The van der Waals surface area contributed by atoms with Gasteiger partial charge < -0.3 is 29.9 Å². The highest BCUT2D eigenvalue weighted by molar-refractivity contribution is 5.73. The number of aliphatic hydroxyl groups excluding tert-OH is 4. The molecule has 1 saturated heterocycles. The molecule has 0 aromatic carbocycles. The van der Waals surface area contributed by atoms with E-state index in [9.17, 15) is 25.2 Å². The van der Waals surface area contributed by atoms with Gasteiger partial charge in [0.25, 0.3) is 0 Å². The lowest BCUT2D eigenvalue weighted by Gasteiger charge is -2.39. The van der Waals surface area contributed by atoms with Gasteiger partial charge in [0, 0.05) is 5.41 Å². The SMILES string of the molecule is C=C[C@]1(C)CCCC(C)=C1CC(=O)O[C@@H]1O[C@H](CO)[C@@H](O)[C@H](O)[C@H]1O. The van der Waals surface area contributed by atoms with Gasteiger partial charge in [-0.2, -0.15) is 0 Å². The van der Waals surface area contributed by atoms with E-state index in [1.165, 1.54) is 0 Å². The summed E-state index contributed by atoms with van der Waals surface area (Å²) in [7, 11) is 0. The maximum absolute atomic E-state index is 12.4. The molecule has 25 heavy (non-hydrogen) atoms. The first kappa shape index (κ1) is 20.1. The molecule has 0 aromatic rings. The molecule has 0 bridgehead atoms. The van der Waals surface area contributed by atoms with Crippen LogP contribution in [0.3, 0.4) is 0 Å². The van der Waals surface area contributed by atoms with Crippen LogP contribution in [0, 0.1) is 5.41 Å². The van der Waals surface area contributed by atoms with Crippen LogP contribution in [-0.4, -0.2) is 63.7 Å². The first-order chi connectivity index (χ1) is 11.7. The number of ether oxygens (including phenoxy) is 2. The highest BCUT2D eigenvalue weighted by Crippen LogP contribution is 2.43. The van der Waals surface area contributed by atoms with Crippen LogP contribution >= 0.6 is 0 Å². The van der Waals surface area contributed by atoms with E-state index in [0.29, 0.717) is 0 Å². The van der Waals surface area contributed by atoms with Crippen molar-refractivity contribution >= 4 is 5.97 Å². The van der Waals surface area contributed by atoms with Crippen LogP contribution in [0.1, 0.15) is 39.5 Å². The van der Waals surface area contributed by atoms with E-state index in [-0.39, 0.29) is 11.8 Å². The van der Waals surface area contributed by atoms with Crippen molar-refractivity contribution in [3.63, 3.8) is 0 Å². The molecule has 1 heterocycles. The maximum atomic E-state index is 12.4. The third-order valence-electron chi connectivity index (χ3n) is 5.32. The summed E-state index contributed by atoms with van der Waals surface area (Å²) in [6.45, 7) is 7.31. The number of carbonyl (C=O) groups is 1. The molecule has 7 nitrogen and oxygen atoms in total. The molecule has 142 valence electrons. The van der Waals surface area contributed by atoms with Gasteiger partial charge in [-0.15, -0.1) is 6.58 Å². The van der Waals surface area contributed by atoms with Crippen molar-refractivity contribution in [1.29, 1.82) is 0 Å². The van der Waals surface area contributed by atoms with Crippen LogP contribution in [0.15, 0.2) is 23.8 Å². The first-order valence-corrected chi connectivity index (χ1v) is 8.56. The second-order valence-corrected chi connectivity index (χ2v) is 7.10. The Morgan fingerprint density at radius 3 is 2.64 bits per heavy atom. The van der Waals surface area contributed by atoms with E-state index in [0.717, 1.165) is 30.4 Å². The van der Waals surface area contributed by atoms with Gasteiger partial charge in [0.2, 0.25) is 6.29 Å². The van der Waals surface area contributed by atoms with E-state index in [4.69, 9.17) is 9.47 Å². The van der Waals surface area contributed by atoms with E-state index in [2.05, 4.69) is 6.58 Å². The molecular weight excluding hydrogens is 328 g/mol. The summed E-state index contributed by atoms with van der Waals surface area (Å²) < 4.78 is 10.4. The number of rotatable bonds is 5. The summed E-state index contributed by atoms with van der Waals surface area (Å²) >= 11 is 0. The molecule has 4 N–H and O–H groups in total. The normalized spacial score (nSPS) is 39.2. The minimum Gasteiger partial charge on any atom is -0.432 e. The lowest BCUT2D eigenvalue weighted by molar-refractivity contribution is -0.292. The average molecular weight is 356 g/mol. The zero-order chi connectivity index (χ0) is 18.8. The third kappa shape index (κ3) is 4.12. The Kier molecular flexibility index (Phi) is 6.40. The fourth-order valence-electron chi connectivity index (χ4n) is 3.57. The molecule has 1 aliphatic carbocycles. The highest BCUT2D eigenvalue weighted by atomic mass is 16.7. The molecule has 6 atom stereocenters. The molecule has 0 aromatic heterocycles. The van der Waals surface area contributed by atoms with Crippen molar-refractivity contribution in [2.24, 2.45) is 5.41 Å². The van der Waals surface area contributed by atoms with Gasteiger partial charge in [0.15, 0.2) is 0 Å². The van der Waals surface area contributed by atoms with Crippen LogP contribution in [-0.2, 0) is 14.3 Å². The third-order valence-corrected chi connectivity index (χ3v) is 5.32. The van der Waals surface area contributed by atoms with Gasteiger partial charge >= 0.3 is 5.97 Å². The van der Waals surface area contributed by atoms with Gasteiger partial charge in [-0.25, -0.2) is 0 Å². The Morgan fingerprint density at radius 1 is 1.36 bits per heavy atom. The molecule has 0 spiro atoms. The number of hydrogen-bond donors (Lipinski definition) is 4. The molecule has 2 aliphatic rings. The van der Waals surface area contributed by atoms with Crippen molar-refractivity contribution < 1.29 is 34.7 Å². The van der Waals surface area contributed by atoms with Gasteiger partial charge in [-0.1, -0.05) is 24.1 Å². The standard InChI is InChI=1S/C18H28O7/c1-4-18(3)7-5-6-10(2)11(18)8-13(20)25-17-16(23)15(22)14(21)12(9-19)24-17/h4,12,14-17,19,21-23H,1,5-9H2,2-3H3/t12-,14-,15+,16-,17+,18-/m1/s1. The van der Waals surface area contributed by atoms with Gasteiger partial charge in [0.1, 0.15) is 24.4 Å². The lowest BCUT2D eigenvalue weighted by Crippen LogP contribution is -2.59. The zero-order valence-corrected chi connectivity index (χ0v) is 14.7. The second kappa shape index (κ2) is 7.97. The summed E-state index contributed by atoms with van der Waals surface area (Å²) in [5.41, 5.74) is 1.79. The number of carbonyl (C=O) groups excluding carboxylic acids is 1. The predicted molar refractivity (Wildman–Crippen MR) is 89.3 cm³/mol. The van der Waals surface area contributed by atoms with Crippen molar-refractivity contribution in [2.45, 2.75) is 70.2 Å². The molecular formula is C18H28O7. The van der Waals surface area contributed by atoms with Crippen molar-refractivity contribution in [3.8, 4) is 0 Å². The fourth-order valence-corrected chi connectivity index (χ4v) is 3.57. The summed E-state index contributed by atoms with van der Waals surface area (Å²) in [5.74, 6) is -0.603. The minimum absolute atomic E-state index is 0.0311. The number of allylic oxidation sites excluding steroid dienone is 2. The Balaban J connectivity index is 2.07. The van der Waals surface area contributed by atoms with Crippen molar-refractivity contribution in [3.05, 3.63) is 23.8 Å². The summed E-state index contributed by atoms with van der Waals surface area (Å²) in [5, 5.41) is 38.6. The van der Waals surface area contributed by atoms with Crippen LogP contribution in [0.25, 0.3) is 0 Å². The molecule has 0 saturated carbocycles. The van der Waals surface area contributed by atoms with Crippen molar-refractivity contribution in [2.75, 3.05) is 6.61 Å². The summed E-state index contributed by atoms with van der Waals surface area (Å²) in [6, 6.07) is 0. The number of esters is 1. The summed E-state index contributed by atoms with van der Waals surface area (Å²) in [4.78, 5) is 12.4. The molecule has 1 fully saturated rings. The lowest BCUT2D eigenvalue weighted by atomic mass is 9.70. The largest absolute Gasteiger partial charge is 0.432 e. The van der Waals surface area contributed by atoms with Crippen LogP contribution in [0.5, 0.6) is 0 Å². The quantitative estimate of drug-likeness (QED) is 0.416. The number of hydrogen-bond acceptors (Lipinski definition) is 7. The Labute approximate surface area is 147 Å². The Hall–Kier alpha value is -1.25. The maximum Gasteiger partial charge on any atom is 0.312 e. The Bertz CT molecular complexity index is 542. The monoisotopic (exact) mass is 356 g/mol. The smallest absolute Gasteiger partial charge is 0.312 e. The van der Waals surface area contributed by atoms with E-state index < -0.39 is 43.3 Å². The molecule has 0 radical (unpaired) electrons. The van der Waals surface area contributed by atoms with Crippen LogP contribution in [0.2, 0.25) is 0 Å². The number of aliphatic hydroxyl groups is 4. The highest BCUT2D eigenvalue weighted by Gasteiger charge is 2.45. The second-order valence-electron chi connectivity index (χ2n) is 7.10. The van der Waals surface area contributed by atoms with E-state index in [1.807, 2.05) is 19.9 Å². The van der Waals surface area contributed by atoms with E-state index in [1.54, 1.807) is 0 Å². The Morgan fingerprint density at radius 2 is 2.04 bits per heavy atom. The van der Waals surface area contributed by atoms with E-state index >= 15 is 0 Å². The average Bonchev–Trinajstić information content (AvgIpc) is 2.59. The molecule has 2 rings (SSSR count). The van der Waals surface area contributed by atoms with Crippen LogP contribution < -0.4 is 0 Å². The van der Waals surface area contributed by atoms with Gasteiger partial charge in [-0.3, -0.25) is 4.79 Å². The minimum atomic E-state index is -1.59. The van der Waals surface area contributed by atoms with Gasteiger partial charge in [-0.05, 0) is 26.2 Å².